The number of carbonyl (C=O) groups is 1. The molecular weight excluding hydrogens is 286 g/mol. The van der Waals surface area contributed by atoms with Gasteiger partial charge < -0.3 is 4.74 Å². The second kappa shape index (κ2) is 5.27. The van der Waals surface area contributed by atoms with Gasteiger partial charge in [0.1, 0.15) is 6.61 Å². The molecule has 0 bridgehead atoms. The molecule has 1 rings (SSSR count). The molecule has 0 aromatic carbocycles. The van der Waals surface area contributed by atoms with Gasteiger partial charge in [0, 0.05) is 0 Å². The summed E-state index contributed by atoms with van der Waals surface area (Å²) in [6.07, 6.45) is -15.2. The van der Waals surface area contributed by atoms with E-state index in [-0.39, 0.29) is 4.88 Å². The minimum atomic E-state index is -5.60. The number of thiophene rings is 1. The van der Waals surface area contributed by atoms with E-state index in [1.807, 2.05) is 0 Å². The fourth-order valence-corrected chi connectivity index (χ4v) is 1.69. The number of ether oxygens (including phenoxy) is 1. The Labute approximate surface area is 101 Å². The van der Waals surface area contributed by atoms with Crippen molar-refractivity contribution in [2.75, 3.05) is 6.61 Å². The molecule has 1 aromatic rings. The summed E-state index contributed by atoms with van der Waals surface area (Å²) in [7, 11) is 0. The summed E-state index contributed by atoms with van der Waals surface area (Å²) in [4.78, 5) is 11.3. The zero-order valence-corrected chi connectivity index (χ0v) is 9.33. The number of Topliss-reactive ketones (excluding diaryl/α,β-unsaturated/α-hetero) is 1. The molecule has 0 saturated heterocycles. The van der Waals surface area contributed by atoms with E-state index in [1.54, 1.807) is 0 Å². The van der Waals surface area contributed by atoms with Crippen LogP contribution in [0.1, 0.15) is 9.67 Å². The van der Waals surface area contributed by atoms with Gasteiger partial charge in [-0.2, -0.15) is 26.3 Å². The van der Waals surface area contributed by atoms with Crippen LogP contribution in [0.2, 0.25) is 0 Å². The molecular formula is C9H6F6O2S. The van der Waals surface area contributed by atoms with Crippen molar-refractivity contribution in [2.45, 2.75) is 18.5 Å². The van der Waals surface area contributed by atoms with E-state index in [2.05, 4.69) is 4.74 Å². The van der Waals surface area contributed by atoms with E-state index in [4.69, 9.17) is 0 Å². The lowest BCUT2D eigenvalue weighted by Gasteiger charge is -2.22. The summed E-state index contributed by atoms with van der Waals surface area (Å²) < 4.78 is 76.0. The van der Waals surface area contributed by atoms with Gasteiger partial charge >= 0.3 is 12.4 Å². The van der Waals surface area contributed by atoms with Crippen molar-refractivity contribution in [1.82, 2.24) is 0 Å². The van der Waals surface area contributed by atoms with E-state index in [1.165, 1.54) is 17.5 Å². The third-order valence-corrected chi connectivity index (χ3v) is 2.68. The Bertz CT molecular complexity index is 380. The molecule has 1 heterocycles. The van der Waals surface area contributed by atoms with Crippen LogP contribution in [0.5, 0.6) is 0 Å². The van der Waals surface area contributed by atoms with Gasteiger partial charge in [0.15, 0.2) is 5.78 Å². The first-order valence-electron chi connectivity index (χ1n) is 4.44. The lowest BCUT2D eigenvalue weighted by Crippen LogP contribution is -2.45. The van der Waals surface area contributed by atoms with Gasteiger partial charge in [0.25, 0.3) is 0 Å². The smallest absolute Gasteiger partial charge is 0.353 e. The van der Waals surface area contributed by atoms with Crippen LogP contribution in [0.25, 0.3) is 0 Å². The van der Waals surface area contributed by atoms with E-state index in [9.17, 15) is 31.1 Å². The van der Waals surface area contributed by atoms with Crippen LogP contribution in [-0.2, 0) is 4.74 Å². The summed E-state index contributed by atoms with van der Waals surface area (Å²) in [5.41, 5.74) is 0. The Hall–Kier alpha value is -1.09. The summed E-state index contributed by atoms with van der Waals surface area (Å²) in [6, 6.07) is 2.73. The molecule has 0 saturated carbocycles. The lowest BCUT2D eigenvalue weighted by molar-refractivity contribution is -0.318. The number of ketones is 1. The molecule has 1 aromatic heterocycles. The SMILES string of the molecule is O=C(COC(C(F)(F)F)C(F)(F)F)c1cccs1. The van der Waals surface area contributed by atoms with Crippen LogP contribution in [0.3, 0.4) is 0 Å². The molecule has 0 aliphatic heterocycles. The molecule has 0 fully saturated rings. The van der Waals surface area contributed by atoms with E-state index in [0.717, 1.165) is 11.3 Å². The Kier molecular flexibility index (Phi) is 4.38. The molecule has 0 radical (unpaired) electrons. The van der Waals surface area contributed by atoms with Crippen molar-refractivity contribution in [3.63, 3.8) is 0 Å². The van der Waals surface area contributed by atoms with Crippen molar-refractivity contribution in [1.29, 1.82) is 0 Å². The van der Waals surface area contributed by atoms with Crippen molar-refractivity contribution in [3.8, 4) is 0 Å². The van der Waals surface area contributed by atoms with Gasteiger partial charge in [-0.1, -0.05) is 6.07 Å². The van der Waals surface area contributed by atoms with Crippen molar-refractivity contribution < 1.29 is 35.9 Å². The third kappa shape index (κ3) is 3.98. The van der Waals surface area contributed by atoms with E-state index in [0.29, 0.717) is 0 Å². The van der Waals surface area contributed by atoms with E-state index < -0.39 is 30.8 Å². The van der Waals surface area contributed by atoms with Crippen LogP contribution >= 0.6 is 11.3 Å². The zero-order valence-electron chi connectivity index (χ0n) is 8.51. The number of alkyl halides is 6. The Balaban J connectivity index is 2.67. The highest BCUT2D eigenvalue weighted by molar-refractivity contribution is 7.12. The topological polar surface area (TPSA) is 26.3 Å². The molecule has 102 valence electrons. The lowest BCUT2D eigenvalue weighted by atomic mass is 10.3. The largest absolute Gasteiger partial charge is 0.423 e. The zero-order chi connectivity index (χ0) is 14.0. The first-order chi connectivity index (χ1) is 8.12. The minimum Gasteiger partial charge on any atom is -0.353 e. The highest BCUT2D eigenvalue weighted by Crippen LogP contribution is 2.35. The predicted molar refractivity (Wildman–Crippen MR) is 50.5 cm³/mol. The van der Waals surface area contributed by atoms with Crippen LogP contribution in [0.4, 0.5) is 26.3 Å². The van der Waals surface area contributed by atoms with Crippen molar-refractivity contribution >= 4 is 17.1 Å². The summed E-state index contributed by atoms with van der Waals surface area (Å²) >= 11 is 0.906. The first kappa shape index (κ1) is 15.0. The highest BCUT2D eigenvalue weighted by atomic mass is 32.1. The molecule has 0 unspecified atom stereocenters. The average molecular weight is 292 g/mol. The maximum Gasteiger partial charge on any atom is 0.423 e. The maximum absolute atomic E-state index is 12.1. The summed E-state index contributed by atoms with van der Waals surface area (Å²) in [5, 5.41) is 1.47. The van der Waals surface area contributed by atoms with Crippen LogP contribution in [0.15, 0.2) is 17.5 Å². The average Bonchev–Trinajstić information content (AvgIpc) is 2.65. The summed E-state index contributed by atoms with van der Waals surface area (Å²) in [5.74, 6) is -0.927. The second-order valence-corrected chi connectivity index (χ2v) is 4.12. The molecule has 0 spiro atoms. The number of hydrogen-bond donors (Lipinski definition) is 0. The fraction of sp³-hybridized carbons (Fsp3) is 0.444. The second-order valence-electron chi connectivity index (χ2n) is 3.17. The molecule has 18 heavy (non-hydrogen) atoms. The third-order valence-electron chi connectivity index (χ3n) is 1.77. The Morgan fingerprint density at radius 3 is 2.17 bits per heavy atom. The van der Waals surface area contributed by atoms with Crippen LogP contribution in [0, 0.1) is 0 Å². The number of halogens is 6. The maximum atomic E-state index is 12.1. The Morgan fingerprint density at radius 1 is 1.22 bits per heavy atom. The quantitative estimate of drug-likeness (QED) is 0.627. The van der Waals surface area contributed by atoms with Crippen molar-refractivity contribution in [3.05, 3.63) is 22.4 Å². The minimum absolute atomic E-state index is 0.0399. The summed E-state index contributed by atoms with van der Waals surface area (Å²) in [6.45, 7) is -1.27. The first-order valence-corrected chi connectivity index (χ1v) is 5.32. The molecule has 2 nitrogen and oxygen atoms in total. The Morgan fingerprint density at radius 2 is 1.78 bits per heavy atom. The number of rotatable bonds is 4. The predicted octanol–water partition coefficient (Wildman–Crippen LogP) is 3.44. The number of carbonyl (C=O) groups excluding carboxylic acids is 1. The van der Waals surface area contributed by atoms with Crippen LogP contribution < -0.4 is 0 Å². The van der Waals surface area contributed by atoms with Gasteiger partial charge in [-0.3, -0.25) is 4.79 Å². The van der Waals surface area contributed by atoms with Gasteiger partial charge in [-0.05, 0) is 11.4 Å². The molecule has 0 amide bonds. The number of hydrogen-bond acceptors (Lipinski definition) is 3. The molecule has 9 heteroatoms. The van der Waals surface area contributed by atoms with Crippen LogP contribution in [-0.4, -0.2) is 30.8 Å². The van der Waals surface area contributed by atoms with Gasteiger partial charge in [0.2, 0.25) is 6.10 Å². The van der Waals surface area contributed by atoms with Gasteiger partial charge in [-0.25, -0.2) is 0 Å². The van der Waals surface area contributed by atoms with Gasteiger partial charge in [0.05, 0.1) is 4.88 Å². The molecule has 0 aliphatic carbocycles. The van der Waals surface area contributed by atoms with Gasteiger partial charge in [-0.15, -0.1) is 11.3 Å². The highest BCUT2D eigenvalue weighted by Gasteiger charge is 2.58. The normalized spacial score (nSPS) is 13.1. The molecule has 0 atom stereocenters. The molecule has 0 aliphatic rings. The fourth-order valence-electron chi connectivity index (χ4n) is 1.04. The standard InChI is InChI=1S/C9H6F6O2S/c10-8(11,12)7(9(13,14)15)17-4-5(16)6-2-1-3-18-6/h1-3,7H,4H2. The molecule has 0 N–H and O–H groups in total. The van der Waals surface area contributed by atoms with E-state index >= 15 is 0 Å². The monoisotopic (exact) mass is 292 g/mol. The van der Waals surface area contributed by atoms with Crippen molar-refractivity contribution in [2.24, 2.45) is 0 Å².